The number of aliphatic carboxylic acids is 1. The van der Waals surface area contributed by atoms with Gasteiger partial charge in [0.1, 0.15) is 0 Å². The Morgan fingerprint density at radius 2 is 1.50 bits per heavy atom. The van der Waals surface area contributed by atoms with E-state index in [1.54, 1.807) is 12.4 Å². The summed E-state index contributed by atoms with van der Waals surface area (Å²) in [6, 6.07) is 7.50. The zero-order valence-corrected chi connectivity index (χ0v) is 19.6. The second-order valence-electron chi connectivity index (χ2n) is 8.13. The minimum Gasteiger partial charge on any atom is -0.490 e. The number of benzene rings is 1. The molecule has 1 N–H and O–H groups in total. The number of carboxylic acid groups (broad SMARTS) is 1. The van der Waals surface area contributed by atoms with Crippen molar-refractivity contribution in [3.63, 3.8) is 0 Å². The number of hydrogen-bond donors (Lipinski definition) is 1. The Morgan fingerprint density at radius 1 is 0.875 bits per heavy atom. The van der Waals surface area contributed by atoms with Crippen LogP contribution in [0.15, 0.2) is 36.7 Å². The fourth-order valence-corrected chi connectivity index (χ4v) is 3.47. The molecule has 0 saturated heterocycles. The first-order valence-electron chi connectivity index (χ1n) is 12.0. The molecule has 0 saturated carbocycles. The van der Waals surface area contributed by atoms with E-state index < -0.39 is 11.9 Å². The lowest BCUT2D eigenvalue weighted by molar-refractivity contribution is -0.139. The smallest absolute Gasteiger partial charge is 0.310 e. The number of nitrogens with zero attached hydrogens (tertiary/aromatic N) is 2. The van der Waals surface area contributed by atoms with E-state index in [-0.39, 0.29) is 0 Å². The molecule has 2 rings (SSSR count). The first kappa shape index (κ1) is 25.8. The third-order valence-electron chi connectivity index (χ3n) is 5.44. The predicted octanol–water partition coefficient (Wildman–Crippen LogP) is 6.26. The number of rotatable bonds is 17. The number of aromatic nitrogens is 2. The van der Waals surface area contributed by atoms with Gasteiger partial charge in [0.25, 0.3) is 0 Å². The summed E-state index contributed by atoms with van der Waals surface area (Å²) < 4.78 is 11.4. The predicted molar refractivity (Wildman–Crippen MR) is 127 cm³/mol. The van der Waals surface area contributed by atoms with Gasteiger partial charge in [-0.25, -0.2) is 9.97 Å². The van der Waals surface area contributed by atoms with Gasteiger partial charge in [0.2, 0.25) is 0 Å². The van der Waals surface area contributed by atoms with Crippen LogP contribution in [0, 0.1) is 0 Å². The maximum absolute atomic E-state index is 11.6. The second kappa shape index (κ2) is 15.4. The van der Waals surface area contributed by atoms with Gasteiger partial charge in [0.15, 0.2) is 11.6 Å². The fourth-order valence-electron chi connectivity index (χ4n) is 3.47. The van der Waals surface area contributed by atoms with Crippen LogP contribution in [0.3, 0.4) is 0 Å². The monoisotopic (exact) mass is 442 g/mol. The van der Waals surface area contributed by atoms with Crippen molar-refractivity contribution < 1.29 is 19.4 Å². The highest BCUT2D eigenvalue weighted by Crippen LogP contribution is 2.25. The number of unbranched alkanes of at least 4 members (excludes halogenated alkanes) is 5. The van der Waals surface area contributed by atoms with Gasteiger partial charge in [0.05, 0.1) is 24.9 Å². The molecule has 0 radical (unpaired) electrons. The third kappa shape index (κ3) is 9.35. The zero-order valence-electron chi connectivity index (χ0n) is 19.6. The van der Waals surface area contributed by atoms with Gasteiger partial charge in [0, 0.05) is 18.8 Å². The fraction of sp³-hybridized carbons (Fsp3) is 0.577. The van der Waals surface area contributed by atoms with Gasteiger partial charge in [-0.05, 0) is 31.2 Å². The molecular formula is C26H38N2O4. The molecule has 0 bridgehead atoms. The van der Waals surface area contributed by atoms with E-state index >= 15 is 0 Å². The van der Waals surface area contributed by atoms with E-state index in [0.717, 1.165) is 56.4 Å². The van der Waals surface area contributed by atoms with Crippen LogP contribution in [0.2, 0.25) is 0 Å². The maximum Gasteiger partial charge on any atom is 0.310 e. The minimum absolute atomic E-state index is 0.466. The van der Waals surface area contributed by atoms with Crippen molar-refractivity contribution in [2.45, 2.75) is 77.6 Å². The molecule has 0 amide bonds. The van der Waals surface area contributed by atoms with E-state index in [2.05, 4.69) is 23.8 Å². The molecule has 1 aromatic heterocycles. The van der Waals surface area contributed by atoms with Crippen LogP contribution >= 0.6 is 0 Å². The molecule has 0 aliphatic heterocycles. The standard InChI is InChI=1S/C26H38N2O4/c1-3-5-7-8-16-31-17-9-10-18-32-23-19-27-25(28-20-23)22-14-12-21(13-15-22)24(26(29)30)11-6-4-2/h12-15,19-20,24H,3-11,16-18H2,1-2H3,(H,29,30). The van der Waals surface area contributed by atoms with Crippen LogP contribution in [-0.2, 0) is 9.53 Å². The van der Waals surface area contributed by atoms with Gasteiger partial charge in [-0.3, -0.25) is 4.79 Å². The molecule has 0 aliphatic carbocycles. The Balaban J connectivity index is 1.73. The Kier molecular flexibility index (Phi) is 12.4. The average molecular weight is 443 g/mol. The van der Waals surface area contributed by atoms with Crippen molar-refractivity contribution in [3.8, 4) is 17.1 Å². The SMILES string of the molecule is CCCCCCOCCCCOc1cnc(-c2ccc(C(CCCC)C(=O)O)cc2)nc1. The Hall–Kier alpha value is -2.47. The summed E-state index contributed by atoms with van der Waals surface area (Å²) in [6.45, 7) is 6.53. The summed E-state index contributed by atoms with van der Waals surface area (Å²) in [5, 5.41) is 9.50. The number of carboxylic acids is 1. The Morgan fingerprint density at radius 3 is 2.12 bits per heavy atom. The van der Waals surface area contributed by atoms with E-state index in [1.807, 2.05) is 24.3 Å². The van der Waals surface area contributed by atoms with Crippen molar-refractivity contribution in [2.75, 3.05) is 19.8 Å². The molecule has 0 spiro atoms. The molecule has 1 unspecified atom stereocenters. The molecule has 1 atom stereocenters. The molecule has 2 aromatic rings. The molecule has 6 heteroatoms. The summed E-state index contributed by atoms with van der Waals surface area (Å²) >= 11 is 0. The third-order valence-corrected chi connectivity index (χ3v) is 5.44. The highest BCUT2D eigenvalue weighted by Gasteiger charge is 2.19. The Labute approximate surface area is 192 Å². The highest BCUT2D eigenvalue weighted by atomic mass is 16.5. The average Bonchev–Trinajstić information content (AvgIpc) is 2.81. The summed E-state index contributed by atoms with van der Waals surface area (Å²) in [4.78, 5) is 20.4. The summed E-state index contributed by atoms with van der Waals surface area (Å²) in [6.07, 6.45) is 12.7. The highest BCUT2D eigenvalue weighted by molar-refractivity contribution is 5.76. The van der Waals surface area contributed by atoms with Crippen molar-refractivity contribution in [2.24, 2.45) is 0 Å². The molecule has 1 heterocycles. The molecule has 0 aliphatic rings. The minimum atomic E-state index is -0.775. The van der Waals surface area contributed by atoms with Crippen LogP contribution < -0.4 is 4.74 Å². The number of carbonyl (C=O) groups is 1. The van der Waals surface area contributed by atoms with Crippen LogP contribution in [0.5, 0.6) is 5.75 Å². The summed E-state index contributed by atoms with van der Waals surface area (Å²) in [5.41, 5.74) is 1.68. The summed E-state index contributed by atoms with van der Waals surface area (Å²) in [5.74, 6) is 0.00630. The first-order chi connectivity index (χ1) is 15.7. The van der Waals surface area contributed by atoms with Crippen molar-refractivity contribution in [1.29, 1.82) is 0 Å². The van der Waals surface area contributed by atoms with Crippen molar-refractivity contribution >= 4 is 5.97 Å². The number of ether oxygens (including phenoxy) is 2. The van der Waals surface area contributed by atoms with E-state index in [1.165, 1.54) is 19.3 Å². The second-order valence-corrected chi connectivity index (χ2v) is 8.13. The normalized spacial score (nSPS) is 11.9. The Bertz CT molecular complexity index is 762. The van der Waals surface area contributed by atoms with E-state index in [0.29, 0.717) is 24.6 Å². The van der Waals surface area contributed by atoms with Gasteiger partial charge < -0.3 is 14.6 Å². The van der Waals surface area contributed by atoms with Gasteiger partial charge in [-0.1, -0.05) is 70.2 Å². The van der Waals surface area contributed by atoms with E-state index in [4.69, 9.17) is 9.47 Å². The molecule has 32 heavy (non-hydrogen) atoms. The van der Waals surface area contributed by atoms with Gasteiger partial charge in [-0.15, -0.1) is 0 Å². The quantitative estimate of drug-likeness (QED) is 0.291. The van der Waals surface area contributed by atoms with Crippen molar-refractivity contribution in [1.82, 2.24) is 9.97 Å². The zero-order chi connectivity index (χ0) is 23.0. The summed E-state index contributed by atoms with van der Waals surface area (Å²) in [7, 11) is 0. The number of hydrogen-bond acceptors (Lipinski definition) is 5. The lowest BCUT2D eigenvalue weighted by Gasteiger charge is -2.12. The molecule has 1 aromatic carbocycles. The lowest BCUT2D eigenvalue weighted by Crippen LogP contribution is -2.11. The van der Waals surface area contributed by atoms with Gasteiger partial charge in [-0.2, -0.15) is 0 Å². The van der Waals surface area contributed by atoms with Crippen LogP contribution in [0.25, 0.3) is 11.4 Å². The molecule has 6 nitrogen and oxygen atoms in total. The lowest BCUT2D eigenvalue weighted by atomic mass is 9.93. The van der Waals surface area contributed by atoms with Crippen LogP contribution in [-0.4, -0.2) is 40.9 Å². The van der Waals surface area contributed by atoms with Crippen LogP contribution in [0.4, 0.5) is 0 Å². The topological polar surface area (TPSA) is 81.5 Å². The van der Waals surface area contributed by atoms with Crippen LogP contribution in [0.1, 0.15) is 83.1 Å². The molecule has 176 valence electrons. The molecular weight excluding hydrogens is 404 g/mol. The molecule has 0 fully saturated rings. The van der Waals surface area contributed by atoms with Crippen molar-refractivity contribution in [3.05, 3.63) is 42.2 Å². The first-order valence-corrected chi connectivity index (χ1v) is 12.0. The maximum atomic E-state index is 11.6. The van der Waals surface area contributed by atoms with E-state index in [9.17, 15) is 9.90 Å². The van der Waals surface area contributed by atoms with Gasteiger partial charge >= 0.3 is 5.97 Å². The largest absolute Gasteiger partial charge is 0.490 e.